The molecule has 8 heteroatoms. The van der Waals surface area contributed by atoms with Crippen LogP contribution in [0.15, 0.2) is 6.33 Å². The molecule has 1 aromatic rings. The molecule has 1 aliphatic heterocycles. The third-order valence-electron chi connectivity index (χ3n) is 3.04. The van der Waals surface area contributed by atoms with Crippen molar-refractivity contribution in [3.05, 3.63) is 17.0 Å². The van der Waals surface area contributed by atoms with Crippen molar-refractivity contribution in [2.45, 2.75) is 6.42 Å². The van der Waals surface area contributed by atoms with Crippen LogP contribution in [0, 0.1) is 0 Å². The zero-order valence-corrected chi connectivity index (χ0v) is 11.8. The molecule has 0 unspecified atom stereocenters. The van der Waals surface area contributed by atoms with Crippen molar-refractivity contribution in [3.8, 4) is 0 Å². The highest BCUT2D eigenvalue weighted by Gasteiger charge is 2.15. The lowest BCUT2D eigenvalue weighted by atomic mass is 10.3. The Morgan fingerprint density at radius 2 is 2.20 bits per heavy atom. The van der Waals surface area contributed by atoms with Crippen molar-refractivity contribution in [2.24, 2.45) is 0 Å². The fourth-order valence-electron chi connectivity index (χ4n) is 1.98. The predicted octanol–water partition coefficient (Wildman–Crippen LogP) is 0.962. The number of carboxylic acid groups (broad SMARTS) is 1. The van der Waals surface area contributed by atoms with Gasteiger partial charge < -0.3 is 15.2 Å². The zero-order valence-electron chi connectivity index (χ0n) is 11.0. The molecule has 0 saturated carbocycles. The lowest BCUT2D eigenvalue weighted by Gasteiger charge is -2.26. The Morgan fingerprint density at radius 3 is 2.90 bits per heavy atom. The number of hydrogen-bond acceptors (Lipinski definition) is 6. The molecule has 110 valence electrons. The molecular formula is C12H17ClN4O3. The van der Waals surface area contributed by atoms with Crippen molar-refractivity contribution >= 4 is 23.4 Å². The van der Waals surface area contributed by atoms with Crippen LogP contribution < -0.4 is 5.32 Å². The molecule has 2 heterocycles. The minimum atomic E-state index is -1.16. The Kier molecular flexibility index (Phi) is 5.51. The Balaban J connectivity index is 1.79. The van der Waals surface area contributed by atoms with E-state index in [1.54, 1.807) is 0 Å². The van der Waals surface area contributed by atoms with E-state index in [1.165, 1.54) is 6.33 Å². The molecule has 0 radical (unpaired) electrons. The van der Waals surface area contributed by atoms with Crippen molar-refractivity contribution in [1.29, 1.82) is 0 Å². The quantitative estimate of drug-likeness (QED) is 0.757. The number of nitrogens with zero attached hydrogens (tertiary/aromatic N) is 3. The molecule has 2 N–H and O–H groups in total. The van der Waals surface area contributed by atoms with Crippen LogP contribution in [0.5, 0.6) is 0 Å². The van der Waals surface area contributed by atoms with Gasteiger partial charge in [0.15, 0.2) is 5.69 Å². The summed E-state index contributed by atoms with van der Waals surface area (Å²) in [7, 11) is 0. The normalized spacial score (nSPS) is 16.1. The van der Waals surface area contributed by atoms with Crippen LogP contribution in [0.1, 0.15) is 16.9 Å². The number of morpholine rings is 1. The molecule has 1 saturated heterocycles. The first kappa shape index (κ1) is 15.0. The van der Waals surface area contributed by atoms with Crippen LogP contribution in [0.4, 0.5) is 5.82 Å². The first-order valence-electron chi connectivity index (χ1n) is 6.46. The molecule has 0 aliphatic carbocycles. The number of halogens is 1. The van der Waals surface area contributed by atoms with E-state index in [1.807, 2.05) is 0 Å². The van der Waals surface area contributed by atoms with Crippen LogP contribution in [0.3, 0.4) is 0 Å². The van der Waals surface area contributed by atoms with Gasteiger partial charge in [0.1, 0.15) is 17.2 Å². The number of carbonyl (C=O) groups is 1. The second kappa shape index (κ2) is 7.37. The fourth-order valence-corrected chi connectivity index (χ4v) is 2.22. The number of nitrogens with one attached hydrogen (secondary N) is 1. The number of rotatable bonds is 6. The van der Waals surface area contributed by atoms with Gasteiger partial charge in [-0.1, -0.05) is 11.6 Å². The number of aromatic nitrogens is 2. The lowest BCUT2D eigenvalue weighted by Crippen LogP contribution is -2.37. The summed E-state index contributed by atoms with van der Waals surface area (Å²) in [6.45, 7) is 5.12. The minimum Gasteiger partial charge on any atom is -0.476 e. The maximum atomic E-state index is 10.9. The van der Waals surface area contributed by atoms with Gasteiger partial charge in [0.25, 0.3) is 0 Å². The first-order chi connectivity index (χ1) is 9.68. The van der Waals surface area contributed by atoms with Gasteiger partial charge in [0.05, 0.1) is 13.2 Å². The molecule has 0 aromatic carbocycles. The van der Waals surface area contributed by atoms with Gasteiger partial charge >= 0.3 is 5.97 Å². The van der Waals surface area contributed by atoms with Crippen LogP contribution >= 0.6 is 11.6 Å². The van der Waals surface area contributed by atoms with E-state index in [0.29, 0.717) is 12.4 Å². The van der Waals surface area contributed by atoms with Gasteiger partial charge in [-0.2, -0.15) is 0 Å². The number of carboxylic acids is 1. The second-order valence-electron chi connectivity index (χ2n) is 4.42. The Hall–Kier alpha value is -1.44. The third kappa shape index (κ3) is 4.03. The number of aromatic carboxylic acids is 1. The van der Waals surface area contributed by atoms with Crippen LogP contribution in [0.25, 0.3) is 0 Å². The van der Waals surface area contributed by atoms with E-state index in [-0.39, 0.29) is 10.7 Å². The van der Waals surface area contributed by atoms with Crippen LogP contribution in [-0.4, -0.2) is 65.3 Å². The van der Waals surface area contributed by atoms with Crippen molar-refractivity contribution < 1.29 is 14.6 Å². The lowest BCUT2D eigenvalue weighted by molar-refractivity contribution is 0.0378. The molecule has 1 fully saturated rings. The fraction of sp³-hybridized carbons (Fsp3) is 0.583. The zero-order chi connectivity index (χ0) is 14.4. The molecule has 0 atom stereocenters. The molecule has 7 nitrogen and oxygen atoms in total. The molecule has 0 bridgehead atoms. The van der Waals surface area contributed by atoms with Gasteiger partial charge in [-0.25, -0.2) is 14.8 Å². The number of ether oxygens (including phenoxy) is 1. The van der Waals surface area contributed by atoms with Crippen molar-refractivity contribution in [2.75, 3.05) is 44.7 Å². The monoisotopic (exact) mass is 300 g/mol. The predicted molar refractivity (Wildman–Crippen MR) is 74.4 cm³/mol. The summed E-state index contributed by atoms with van der Waals surface area (Å²) < 4.78 is 5.28. The summed E-state index contributed by atoms with van der Waals surface area (Å²) in [5.41, 5.74) is -0.183. The molecule has 1 aromatic heterocycles. The smallest absolute Gasteiger partial charge is 0.356 e. The molecule has 1 aliphatic rings. The Morgan fingerprint density at radius 1 is 1.45 bits per heavy atom. The summed E-state index contributed by atoms with van der Waals surface area (Å²) in [4.78, 5) is 20.8. The topological polar surface area (TPSA) is 87.6 Å². The van der Waals surface area contributed by atoms with Gasteiger partial charge in [-0.15, -0.1) is 0 Å². The summed E-state index contributed by atoms with van der Waals surface area (Å²) in [5, 5.41) is 12.0. The van der Waals surface area contributed by atoms with E-state index in [0.717, 1.165) is 39.3 Å². The SMILES string of the molecule is O=C(O)c1ncnc(NCCCN2CCOCC2)c1Cl. The highest BCUT2D eigenvalue weighted by Crippen LogP contribution is 2.21. The van der Waals surface area contributed by atoms with Gasteiger partial charge in [0.2, 0.25) is 0 Å². The molecule has 0 amide bonds. The minimum absolute atomic E-state index is 0.0476. The van der Waals surface area contributed by atoms with Crippen molar-refractivity contribution in [1.82, 2.24) is 14.9 Å². The summed E-state index contributed by atoms with van der Waals surface area (Å²) in [6, 6.07) is 0. The summed E-state index contributed by atoms with van der Waals surface area (Å²) >= 11 is 5.94. The standard InChI is InChI=1S/C12H17ClN4O3/c13-9-10(12(18)19)15-8-16-11(9)14-2-1-3-17-4-6-20-7-5-17/h8H,1-7H2,(H,18,19)(H,14,15,16). The average Bonchev–Trinajstić information content (AvgIpc) is 2.46. The summed E-state index contributed by atoms with van der Waals surface area (Å²) in [5.74, 6) is -0.796. The third-order valence-corrected chi connectivity index (χ3v) is 3.40. The maximum absolute atomic E-state index is 10.9. The molecule has 2 rings (SSSR count). The van der Waals surface area contributed by atoms with Gasteiger partial charge in [-0.3, -0.25) is 4.90 Å². The highest BCUT2D eigenvalue weighted by molar-refractivity contribution is 6.35. The van der Waals surface area contributed by atoms with Crippen molar-refractivity contribution in [3.63, 3.8) is 0 Å². The average molecular weight is 301 g/mol. The Labute approximate surface area is 121 Å². The second-order valence-corrected chi connectivity index (χ2v) is 4.80. The van der Waals surface area contributed by atoms with Crippen LogP contribution in [0.2, 0.25) is 5.02 Å². The van der Waals surface area contributed by atoms with Gasteiger partial charge in [0, 0.05) is 19.6 Å². The molecular weight excluding hydrogens is 284 g/mol. The van der Waals surface area contributed by atoms with Gasteiger partial charge in [-0.05, 0) is 13.0 Å². The van der Waals surface area contributed by atoms with E-state index < -0.39 is 5.97 Å². The van der Waals surface area contributed by atoms with Crippen LogP contribution in [-0.2, 0) is 4.74 Å². The van der Waals surface area contributed by atoms with E-state index in [4.69, 9.17) is 21.4 Å². The molecule has 20 heavy (non-hydrogen) atoms. The number of hydrogen-bond donors (Lipinski definition) is 2. The Bertz CT molecular complexity index is 466. The largest absolute Gasteiger partial charge is 0.476 e. The molecule has 0 spiro atoms. The van der Waals surface area contributed by atoms with E-state index >= 15 is 0 Å². The summed E-state index contributed by atoms with van der Waals surface area (Å²) in [6.07, 6.45) is 2.11. The van der Waals surface area contributed by atoms with E-state index in [9.17, 15) is 4.79 Å². The first-order valence-corrected chi connectivity index (χ1v) is 6.84. The highest BCUT2D eigenvalue weighted by atomic mass is 35.5. The maximum Gasteiger partial charge on any atom is 0.356 e. The van der Waals surface area contributed by atoms with E-state index in [2.05, 4.69) is 20.2 Å². The number of anilines is 1.